The van der Waals surface area contributed by atoms with Gasteiger partial charge in [-0.15, -0.1) is 6.42 Å². The van der Waals surface area contributed by atoms with Crippen molar-refractivity contribution in [1.29, 1.82) is 0 Å². The minimum absolute atomic E-state index is 0.0938. The first-order valence-corrected chi connectivity index (χ1v) is 5.12. The molecule has 2 rings (SSSR count). The van der Waals surface area contributed by atoms with E-state index >= 15 is 0 Å². The number of aryl methyl sites for hydroxylation is 1. The van der Waals surface area contributed by atoms with Crippen molar-refractivity contribution in [2.45, 2.75) is 6.54 Å². The Labute approximate surface area is 101 Å². The van der Waals surface area contributed by atoms with Crippen molar-refractivity contribution < 1.29 is 0 Å². The van der Waals surface area contributed by atoms with Crippen LogP contribution in [0.2, 0.25) is 5.28 Å². The summed E-state index contributed by atoms with van der Waals surface area (Å²) in [5.74, 6) is 2.39. The van der Waals surface area contributed by atoms with E-state index in [-0.39, 0.29) is 23.0 Å². The molecule has 2 heterocycles. The molecule has 0 aliphatic rings. The molecule has 0 atom stereocenters. The van der Waals surface area contributed by atoms with Crippen LogP contribution < -0.4 is 11.2 Å². The summed E-state index contributed by atoms with van der Waals surface area (Å²) in [4.78, 5) is 27.6. The molecule has 88 valence electrons. The molecular formula is C10H9ClN4O2. The van der Waals surface area contributed by atoms with Gasteiger partial charge in [0.15, 0.2) is 11.2 Å². The normalized spacial score (nSPS) is 10.7. The Kier molecular flexibility index (Phi) is 2.56. The number of fused-ring (bicyclic) bond motifs is 1. The first kappa shape index (κ1) is 11.5. The number of nitrogens with zero attached hydrogens (tertiary/aromatic N) is 4. The maximum Gasteiger partial charge on any atom is 0.332 e. The minimum Gasteiger partial charge on any atom is -0.297 e. The van der Waals surface area contributed by atoms with Crippen molar-refractivity contribution >= 4 is 22.8 Å². The Morgan fingerprint density at radius 3 is 2.59 bits per heavy atom. The molecular weight excluding hydrogens is 244 g/mol. The number of rotatable bonds is 1. The van der Waals surface area contributed by atoms with E-state index in [2.05, 4.69) is 10.9 Å². The van der Waals surface area contributed by atoms with Crippen LogP contribution in [0, 0.1) is 12.3 Å². The van der Waals surface area contributed by atoms with Crippen molar-refractivity contribution in [2.75, 3.05) is 0 Å². The number of aromatic nitrogens is 4. The second-order valence-corrected chi connectivity index (χ2v) is 3.89. The van der Waals surface area contributed by atoms with Gasteiger partial charge in [0.1, 0.15) is 0 Å². The van der Waals surface area contributed by atoms with Crippen molar-refractivity contribution in [1.82, 2.24) is 18.7 Å². The zero-order chi connectivity index (χ0) is 12.7. The van der Waals surface area contributed by atoms with E-state index in [0.717, 1.165) is 4.57 Å². The van der Waals surface area contributed by atoms with Gasteiger partial charge in [-0.3, -0.25) is 18.5 Å². The molecule has 0 saturated heterocycles. The largest absolute Gasteiger partial charge is 0.332 e. The van der Waals surface area contributed by atoms with Crippen LogP contribution in [0.3, 0.4) is 0 Å². The zero-order valence-corrected chi connectivity index (χ0v) is 10.0. The van der Waals surface area contributed by atoms with E-state index in [1.165, 1.54) is 23.2 Å². The van der Waals surface area contributed by atoms with Crippen LogP contribution in [-0.4, -0.2) is 18.7 Å². The average molecular weight is 253 g/mol. The molecule has 0 aliphatic carbocycles. The van der Waals surface area contributed by atoms with Crippen LogP contribution in [0.4, 0.5) is 0 Å². The summed E-state index contributed by atoms with van der Waals surface area (Å²) in [6.07, 6.45) is 5.20. The van der Waals surface area contributed by atoms with Crippen molar-refractivity contribution in [2.24, 2.45) is 14.1 Å². The van der Waals surface area contributed by atoms with Crippen LogP contribution in [0.1, 0.15) is 0 Å². The van der Waals surface area contributed by atoms with Crippen LogP contribution in [0.5, 0.6) is 0 Å². The summed E-state index contributed by atoms with van der Waals surface area (Å²) in [5.41, 5.74) is -0.446. The SMILES string of the molecule is C#CCn1c(Cl)nc2c1c(=O)n(C)c(=O)n2C. The minimum atomic E-state index is -0.460. The molecule has 6 nitrogen and oxygen atoms in total. The van der Waals surface area contributed by atoms with Gasteiger partial charge in [-0.1, -0.05) is 5.92 Å². The van der Waals surface area contributed by atoms with Crippen molar-refractivity contribution in [3.8, 4) is 12.3 Å². The molecule has 0 bridgehead atoms. The van der Waals surface area contributed by atoms with Gasteiger partial charge in [0.2, 0.25) is 5.28 Å². The highest BCUT2D eigenvalue weighted by atomic mass is 35.5. The smallest absolute Gasteiger partial charge is 0.297 e. The number of hydrogen-bond donors (Lipinski definition) is 0. The van der Waals surface area contributed by atoms with E-state index < -0.39 is 11.2 Å². The molecule has 2 aromatic rings. The maximum absolute atomic E-state index is 12.0. The highest BCUT2D eigenvalue weighted by molar-refractivity contribution is 6.29. The second kappa shape index (κ2) is 3.79. The number of terminal acetylenes is 1. The second-order valence-electron chi connectivity index (χ2n) is 3.55. The molecule has 17 heavy (non-hydrogen) atoms. The first-order valence-electron chi connectivity index (χ1n) is 4.74. The lowest BCUT2D eigenvalue weighted by Crippen LogP contribution is -2.37. The lowest BCUT2D eigenvalue weighted by Gasteiger charge is -2.04. The van der Waals surface area contributed by atoms with Crippen LogP contribution in [-0.2, 0) is 20.6 Å². The fraction of sp³-hybridized carbons (Fsp3) is 0.300. The molecule has 0 N–H and O–H groups in total. The third-order valence-corrected chi connectivity index (χ3v) is 2.84. The quantitative estimate of drug-likeness (QED) is 0.518. The summed E-state index contributed by atoms with van der Waals surface area (Å²) in [6.45, 7) is 0.128. The van der Waals surface area contributed by atoms with Gasteiger partial charge >= 0.3 is 5.69 Å². The molecule has 0 amide bonds. The Balaban J connectivity index is 3.09. The molecule has 0 aliphatic heterocycles. The summed E-state index contributed by atoms with van der Waals surface area (Å²) in [7, 11) is 2.92. The molecule has 0 unspecified atom stereocenters. The van der Waals surface area contributed by atoms with Gasteiger partial charge in [0, 0.05) is 14.1 Å². The fourth-order valence-electron chi connectivity index (χ4n) is 1.66. The fourth-order valence-corrected chi connectivity index (χ4v) is 1.88. The third-order valence-electron chi connectivity index (χ3n) is 2.55. The molecule has 0 fully saturated rings. The van der Waals surface area contributed by atoms with E-state index in [1.807, 2.05) is 0 Å². The van der Waals surface area contributed by atoms with Crippen molar-refractivity contribution in [3.05, 3.63) is 26.1 Å². The Bertz CT molecular complexity index is 760. The van der Waals surface area contributed by atoms with Gasteiger partial charge in [-0.2, -0.15) is 4.98 Å². The molecule has 0 aromatic carbocycles. The Morgan fingerprint density at radius 2 is 2.00 bits per heavy atom. The van der Waals surface area contributed by atoms with Gasteiger partial charge < -0.3 is 0 Å². The molecule has 2 aromatic heterocycles. The predicted octanol–water partition coefficient (Wildman–Crippen LogP) is -0.280. The lowest BCUT2D eigenvalue weighted by atomic mass is 10.5. The monoisotopic (exact) mass is 252 g/mol. The Morgan fingerprint density at radius 1 is 1.35 bits per heavy atom. The van der Waals surface area contributed by atoms with Crippen LogP contribution >= 0.6 is 11.6 Å². The summed E-state index contributed by atoms with van der Waals surface area (Å²) in [6, 6.07) is 0. The molecule has 7 heteroatoms. The topological polar surface area (TPSA) is 61.8 Å². The summed E-state index contributed by atoms with van der Waals surface area (Å²) >= 11 is 5.89. The third kappa shape index (κ3) is 1.47. The van der Waals surface area contributed by atoms with Crippen LogP contribution in [0.25, 0.3) is 11.2 Å². The summed E-state index contributed by atoms with van der Waals surface area (Å²) in [5, 5.41) is 0.0938. The van der Waals surface area contributed by atoms with Gasteiger partial charge in [0.05, 0.1) is 6.54 Å². The molecule has 0 spiro atoms. The van der Waals surface area contributed by atoms with E-state index in [1.54, 1.807) is 0 Å². The molecule has 0 saturated carbocycles. The van der Waals surface area contributed by atoms with Crippen molar-refractivity contribution in [3.63, 3.8) is 0 Å². The Hall–Kier alpha value is -2.00. The number of halogens is 1. The lowest BCUT2D eigenvalue weighted by molar-refractivity contribution is 0.704. The highest BCUT2D eigenvalue weighted by Crippen LogP contribution is 2.14. The van der Waals surface area contributed by atoms with Gasteiger partial charge in [-0.25, -0.2) is 4.79 Å². The van der Waals surface area contributed by atoms with E-state index in [0.29, 0.717) is 0 Å². The van der Waals surface area contributed by atoms with E-state index in [9.17, 15) is 9.59 Å². The van der Waals surface area contributed by atoms with Gasteiger partial charge in [-0.05, 0) is 11.6 Å². The number of hydrogen-bond acceptors (Lipinski definition) is 3. The van der Waals surface area contributed by atoms with E-state index in [4.69, 9.17) is 18.0 Å². The molecule has 0 radical (unpaired) electrons. The zero-order valence-electron chi connectivity index (χ0n) is 9.27. The number of imidazole rings is 1. The summed E-state index contributed by atoms with van der Waals surface area (Å²) < 4.78 is 3.65. The average Bonchev–Trinajstić information content (AvgIpc) is 2.62. The highest BCUT2D eigenvalue weighted by Gasteiger charge is 2.17. The first-order chi connectivity index (χ1) is 7.99. The standard InChI is InChI=1S/C10H9ClN4O2/c1-4-5-15-6-7(12-9(15)11)13(2)10(17)14(3)8(6)16/h1H,5H2,2-3H3. The van der Waals surface area contributed by atoms with Crippen LogP contribution in [0.15, 0.2) is 9.59 Å². The predicted molar refractivity (Wildman–Crippen MR) is 64.1 cm³/mol. The van der Waals surface area contributed by atoms with Gasteiger partial charge in [0.25, 0.3) is 5.56 Å². The maximum atomic E-state index is 12.0.